The smallest absolute Gasteiger partial charge is 0.246 e. The zero-order valence-electron chi connectivity index (χ0n) is 15.8. The fourth-order valence-corrected chi connectivity index (χ4v) is 3.09. The number of benzene rings is 2. The molecule has 0 bridgehead atoms. The third kappa shape index (κ3) is 5.08. The van der Waals surface area contributed by atoms with Crippen LogP contribution in [0.1, 0.15) is 29.2 Å². The fourth-order valence-electron chi connectivity index (χ4n) is 3.09. The molecule has 0 fully saturated rings. The van der Waals surface area contributed by atoms with Gasteiger partial charge in [-0.1, -0.05) is 30.3 Å². The third-order valence-corrected chi connectivity index (χ3v) is 4.92. The van der Waals surface area contributed by atoms with E-state index in [2.05, 4.69) is 22.0 Å². The summed E-state index contributed by atoms with van der Waals surface area (Å²) in [5, 5.41) is 8.91. The van der Waals surface area contributed by atoms with Gasteiger partial charge in [0.1, 0.15) is 6.04 Å². The molecule has 0 aliphatic carbocycles. The Morgan fingerprint density at radius 2 is 1.78 bits per heavy atom. The molecule has 3 rings (SSSR count). The van der Waals surface area contributed by atoms with E-state index in [4.69, 9.17) is 0 Å². The molecule has 0 aromatic heterocycles. The van der Waals surface area contributed by atoms with Gasteiger partial charge in [0.15, 0.2) is 0 Å². The van der Waals surface area contributed by atoms with Gasteiger partial charge in [-0.2, -0.15) is 0 Å². The van der Waals surface area contributed by atoms with Crippen LogP contribution in [-0.2, 0) is 22.6 Å². The third-order valence-electron chi connectivity index (χ3n) is 4.92. The molecule has 5 nitrogen and oxygen atoms in total. The number of carbonyl (C=O) groups excluding carboxylic acids is 2. The fraction of sp³-hybridized carbons (Fsp3) is 0.333. The van der Waals surface area contributed by atoms with Crippen LogP contribution in [0.5, 0.6) is 0 Å². The Kier molecular flexibility index (Phi) is 6.99. The van der Waals surface area contributed by atoms with Gasteiger partial charge >= 0.3 is 0 Å². The number of amides is 2. The number of nitrogens with one attached hydrogen (secondary N) is 3. The van der Waals surface area contributed by atoms with Crippen molar-refractivity contribution in [3.63, 3.8) is 0 Å². The predicted octanol–water partition coefficient (Wildman–Crippen LogP) is 2.88. The van der Waals surface area contributed by atoms with Crippen LogP contribution in [0.15, 0.2) is 42.5 Å². The summed E-state index contributed by atoms with van der Waals surface area (Å²) in [5.74, 6) is -0.375. The minimum atomic E-state index is -0.608. The predicted molar refractivity (Wildman–Crippen MR) is 110 cm³/mol. The zero-order chi connectivity index (χ0) is 18.7. The van der Waals surface area contributed by atoms with Crippen LogP contribution in [0.2, 0.25) is 0 Å². The Labute approximate surface area is 166 Å². The first kappa shape index (κ1) is 20.9. The lowest BCUT2D eigenvalue weighted by atomic mass is 9.95. The Balaban J connectivity index is 0.00000261. The molecule has 6 heteroatoms. The number of fused-ring (bicyclic) bond motifs is 1. The van der Waals surface area contributed by atoms with E-state index in [1.807, 2.05) is 50.2 Å². The molecule has 2 aromatic rings. The van der Waals surface area contributed by atoms with E-state index in [1.165, 1.54) is 16.7 Å². The molecule has 0 saturated heterocycles. The van der Waals surface area contributed by atoms with Gasteiger partial charge in [-0.15, -0.1) is 12.4 Å². The first-order chi connectivity index (χ1) is 12.4. The quantitative estimate of drug-likeness (QED) is 0.755. The zero-order valence-corrected chi connectivity index (χ0v) is 16.7. The lowest BCUT2D eigenvalue weighted by Gasteiger charge is -2.26. The number of aryl methyl sites for hydroxylation is 2. The summed E-state index contributed by atoms with van der Waals surface area (Å²) in [5.41, 5.74) is 5.43. The summed E-state index contributed by atoms with van der Waals surface area (Å²) in [6.45, 7) is 6.39. The van der Waals surface area contributed by atoms with E-state index in [1.54, 1.807) is 6.92 Å². The second-order valence-electron chi connectivity index (χ2n) is 6.92. The summed E-state index contributed by atoms with van der Waals surface area (Å²) in [6, 6.07) is 12.9. The number of anilines is 1. The maximum absolute atomic E-state index is 12.5. The molecule has 0 saturated carbocycles. The Bertz CT molecular complexity index is 838. The lowest BCUT2D eigenvalue weighted by molar-refractivity contribution is -0.127. The van der Waals surface area contributed by atoms with E-state index in [9.17, 15) is 9.59 Å². The second kappa shape index (κ2) is 9.02. The van der Waals surface area contributed by atoms with E-state index in [0.29, 0.717) is 13.0 Å². The summed E-state index contributed by atoms with van der Waals surface area (Å²) < 4.78 is 0. The molecule has 1 aliphatic rings. The molecule has 27 heavy (non-hydrogen) atoms. The van der Waals surface area contributed by atoms with Crippen molar-refractivity contribution < 1.29 is 9.59 Å². The van der Waals surface area contributed by atoms with E-state index in [0.717, 1.165) is 11.3 Å². The van der Waals surface area contributed by atoms with Gasteiger partial charge in [0, 0.05) is 12.2 Å². The molecule has 1 aliphatic heterocycles. The minimum Gasteiger partial charge on any atom is -0.343 e. The molecule has 2 amide bonds. The normalized spacial score (nSPS) is 16.5. The number of halogens is 1. The van der Waals surface area contributed by atoms with Crippen LogP contribution < -0.4 is 16.0 Å². The van der Waals surface area contributed by atoms with Crippen LogP contribution in [0.25, 0.3) is 0 Å². The van der Waals surface area contributed by atoms with E-state index >= 15 is 0 Å². The highest BCUT2D eigenvalue weighted by Gasteiger charge is 2.26. The molecule has 2 atom stereocenters. The molecule has 0 unspecified atom stereocenters. The van der Waals surface area contributed by atoms with Crippen molar-refractivity contribution in [3.8, 4) is 0 Å². The van der Waals surface area contributed by atoms with Crippen LogP contribution >= 0.6 is 12.4 Å². The minimum absolute atomic E-state index is 0. The SMILES string of the molecule is Cc1ccc(NC(=O)[C@H](C)NC(=O)[C@@H]2Cc3ccccc3CN2)cc1C.Cl. The van der Waals surface area contributed by atoms with E-state index in [-0.39, 0.29) is 30.3 Å². The van der Waals surface area contributed by atoms with Crippen LogP contribution in [0.4, 0.5) is 5.69 Å². The molecule has 2 aromatic carbocycles. The van der Waals surface area contributed by atoms with Crippen molar-refractivity contribution >= 4 is 29.9 Å². The monoisotopic (exact) mass is 387 g/mol. The number of hydrogen-bond donors (Lipinski definition) is 3. The Morgan fingerprint density at radius 1 is 1.07 bits per heavy atom. The van der Waals surface area contributed by atoms with E-state index < -0.39 is 6.04 Å². The number of hydrogen-bond acceptors (Lipinski definition) is 3. The van der Waals surface area contributed by atoms with Gasteiger partial charge in [0.2, 0.25) is 11.8 Å². The van der Waals surface area contributed by atoms with Gasteiger partial charge in [0.25, 0.3) is 0 Å². The van der Waals surface area contributed by atoms with Crippen molar-refractivity contribution in [2.24, 2.45) is 0 Å². The van der Waals surface area contributed by atoms with Gasteiger partial charge in [0.05, 0.1) is 6.04 Å². The van der Waals surface area contributed by atoms with Gasteiger partial charge in [-0.25, -0.2) is 0 Å². The summed E-state index contributed by atoms with van der Waals surface area (Å²) >= 11 is 0. The molecule has 0 spiro atoms. The van der Waals surface area contributed by atoms with Gasteiger partial charge < -0.3 is 16.0 Å². The number of carbonyl (C=O) groups is 2. The van der Waals surface area contributed by atoms with Gasteiger partial charge in [-0.3, -0.25) is 9.59 Å². The molecular weight excluding hydrogens is 362 g/mol. The Morgan fingerprint density at radius 3 is 2.48 bits per heavy atom. The highest BCUT2D eigenvalue weighted by Crippen LogP contribution is 2.17. The Hall–Kier alpha value is -2.37. The van der Waals surface area contributed by atoms with Crippen LogP contribution in [0, 0.1) is 13.8 Å². The van der Waals surface area contributed by atoms with Crippen molar-refractivity contribution in [3.05, 3.63) is 64.7 Å². The molecule has 0 radical (unpaired) electrons. The lowest BCUT2D eigenvalue weighted by Crippen LogP contribution is -2.52. The molecule has 144 valence electrons. The maximum Gasteiger partial charge on any atom is 0.246 e. The first-order valence-corrected chi connectivity index (χ1v) is 8.92. The summed E-state index contributed by atoms with van der Waals surface area (Å²) in [6.07, 6.45) is 0.632. The summed E-state index contributed by atoms with van der Waals surface area (Å²) in [7, 11) is 0. The molecular formula is C21H26ClN3O2. The first-order valence-electron chi connectivity index (χ1n) is 8.92. The van der Waals surface area contributed by atoms with Crippen molar-refractivity contribution in [1.82, 2.24) is 10.6 Å². The van der Waals surface area contributed by atoms with Crippen molar-refractivity contribution in [2.75, 3.05) is 5.32 Å². The molecule has 1 heterocycles. The number of rotatable bonds is 4. The highest BCUT2D eigenvalue weighted by molar-refractivity contribution is 5.97. The maximum atomic E-state index is 12.5. The standard InChI is InChI=1S/C21H25N3O2.ClH/c1-13-8-9-18(10-14(13)2)24-20(25)15(3)23-21(26)19-11-16-6-4-5-7-17(16)12-22-19;/h4-10,15,19,22H,11-12H2,1-3H3,(H,23,26)(H,24,25);1H/t15-,19-;/m0./s1. The highest BCUT2D eigenvalue weighted by atomic mass is 35.5. The topological polar surface area (TPSA) is 70.2 Å². The average molecular weight is 388 g/mol. The average Bonchev–Trinajstić information content (AvgIpc) is 2.64. The largest absolute Gasteiger partial charge is 0.343 e. The summed E-state index contributed by atoms with van der Waals surface area (Å²) in [4.78, 5) is 24.9. The van der Waals surface area contributed by atoms with Gasteiger partial charge in [-0.05, 0) is 61.6 Å². The second-order valence-corrected chi connectivity index (χ2v) is 6.92. The van der Waals surface area contributed by atoms with Crippen molar-refractivity contribution in [1.29, 1.82) is 0 Å². The molecule has 3 N–H and O–H groups in total. The van der Waals surface area contributed by atoms with Crippen molar-refractivity contribution in [2.45, 2.75) is 45.8 Å². The van der Waals surface area contributed by atoms with Crippen LogP contribution in [0.3, 0.4) is 0 Å². The van der Waals surface area contributed by atoms with Crippen LogP contribution in [-0.4, -0.2) is 23.9 Å².